The fourth-order valence-corrected chi connectivity index (χ4v) is 2.86. The summed E-state index contributed by atoms with van der Waals surface area (Å²) in [7, 11) is 0. The van der Waals surface area contributed by atoms with E-state index in [1.165, 1.54) is 23.5 Å². The van der Waals surface area contributed by atoms with Crippen LogP contribution in [0.1, 0.15) is 25.8 Å². The fourth-order valence-electron chi connectivity index (χ4n) is 1.52. The van der Waals surface area contributed by atoms with Gasteiger partial charge in [-0.05, 0) is 18.2 Å². The molecule has 2 aromatic rings. The van der Waals surface area contributed by atoms with E-state index in [2.05, 4.69) is 41.7 Å². The van der Waals surface area contributed by atoms with Crippen LogP contribution in [0.5, 0.6) is 0 Å². The predicted octanol–water partition coefficient (Wildman–Crippen LogP) is 4.59. The smallest absolute Gasteiger partial charge is 0.123 e. The second-order valence-corrected chi connectivity index (χ2v) is 6.99. The van der Waals surface area contributed by atoms with E-state index in [-0.39, 0.29) is 11.2 Å². The quantitative estimate of drug-likeness (QED) is 0.831. The lowest BCUT2D eigenvalue weighted by atomic mass is 9.98. The van der Waals surface area contributed by atoms with Crippen molar-refractivity contribution in [3.63, 3.8) is 0 Å². The lowest BCUT2D eigenvalue weighted by molar-refractivity contribution is 0.586. The molecule has 96 valence electrons. The van der Waals surface area contributed by atoms with Gasteiger partial charge in [-0.2, -0.15) is 0 Å². The van der Waals surface area contributed by atoms with Gasteiger partial charge in [-0.25, -0.2) is 9.37 Å². The number of nitrogen functional groups attached to an aromatic ring is 1. The molecule has 1 heterocycles. The Bertz CT molecular complexity index is 587. The number of anilines is 1. The Morgan fingerprint density at radius 2 is 2.00 bits per heavy atom. The molecule has 0 unspecified atom stereocenters. The van der Waals surface area contributed by atoms with E-state index in [1.807, 2.05) is 0 Å². The van der Waals surface area contributed by atoms with Crippen molar-refractivity contribution in [2.45, 2.75) is 26.2 Å². The number of benzene rings is 1. The number of thiazole rings is 1. The minimum absolute atomic E-state index is 0.0587. The van der Waals surface area contributed by atoms with Crippen LogP contribution in [-0.4, -0.2) is 4.98 Å². The number of nitrogens with zero attached hydrogens (tertiary/aromatic N) is 1. The van der Waals surface area contributed by atoms with Gasteiger partial charge in [0.05, 0.1) is 0 Å². The molecule has 0 saturated carbocycles. The molecular weight excluding hydrogens is 315 g/mol. The highest BCUT2D eigenvalue weighted by Crippen LogP contribution is 2.38. The minimum atomic E-state index is -0.294. The van der Waals surface area contributed by atoms with Crippen molar-refractivity contribution in [3.05, 3.63) is 33.5 Å². The van der Waals surface area contributed by atoms with Gasteiger partial charge in [0.2, 0.25) is 0 Å². The maximum Gasteiger partial charge on any atom is 0.123 e. The maximum absolute atomic E-state index is 13.3. The van der Waals surface area contributed by atoms with E-state index in [0.29, 0.717) is 16.3 Å². The van der Waals surface area contributed by atoms with E-state index < -0.39 is 0 Å². The zero-order chi connectivity index (χ0) is 13.5. The second kappa shape index (κ2) is 4.63. The molecule has 0 aliphatic carbocycles. The molecule has 0 atom stereocenters. The Labute approximate surface area is 118 Å². The zero-order valence-electron chi connectivity index (χ0n) is 10.4. The number of nitrogens with two attached hydrogens (primary N) is 1. The summed E-state index contributed by atoms with van der Waals surface area (Å²) in [5.41, 5.74) is 7.29. The normalized spacial score (nSPS) is 11.8. The highest BCUT2D eigenvalue weighted by molar-refractivity contribution is 9.10. The Balaban J connectivity index is 2.58. The van der Waals surface area contributed by atoms with Gasteiger partial charge in [-0.15, -0.1) is 11.3 Å². The molecule has 2 N–H and O–H groups in total. The van der Waals surface area contributed by atoms with Gasteiger partial charge >= 0.3 is 0 Å². The van der Waals surface area contributed by atoms with Crippen LogP contribution in [0.25, 0.3) is 11.3 Å². The lowest BCUT2D eigenvalue weighted by Gasteiger charge is -2.13. The molecule has 0 saturated heterocycles. The summed E-state index contributed by atoms with van der Waals surface area (Å²) < 4.78 is 14.1. The third-order valence-corrected chi connectivity index (χ3v) is 4.48. The Morgan fingerprint density at radius 3 is 2.56 bits per heavy atom. The van der Waals surface area contributed by atoms with E-state index >= 15 is 0 Å². The van der Waals surface area contributed by atoms with Gasteiger partial charge in [0.1, 0.15) is 21.5 Å². The summed E-state index contributed by atoms with van der Waals surface area (Å²) in [5, 5.41) is 1.57. The molecule has 1 aromatic carbocycles. The highest BCUT2D eigenvalue weighted by atomic mass is 79.9. The molecule has 18 heavy (non-hydrogen) atoms. The molecule has 0 fully saturated rings. The van der Waals surface area contributed by atoms with Crippen molar-refractivity contribution in [2.75, 3.05) is 5.73 Å². The molecule has 0 aliphatic rings. The van der Waals surface area contributed by atoms with E-state index in [9.17, 15) is 4.39 Å². The highest BCUT2D eigenvalue weighted by Gasteiger charge is 2.22. The van der Waals surface area contributed by atoms with E-state index in [0.717, 1.165) is 9.48 Å². The van der Waals surface area contributed by atoms with Crippen LogP contribution < -0.4 is 5.73 Å². The SMILES string of the molecule is CC(C)(C)c1nc(-c2cc(F)ccc2Br)c(N)s1. The van der Waals surface area contributed by atoms with Gasteiger partial charge in [0, 0.05) is 15.5 Å². The first-order valence-corrected chi connectivity index (χ1v) is 7.12. The number of hydrogen-bond acceptors (Lipinski definition) is 3. The zero-order valence-corrected chi connectivity index (χ0v) is 12.8. The molecule has 0 bridgehead atoms. The minimum Gasteiger partial charge on any atom is -0.389 e. The monoisotopic (exact) mass is 328 g/mol. The number of halogens is 2. The number of rotatable bonds is 1. The summed E-state index contributed by atoms with van der Waals surface area (Å²) in [6.07, 6.45) is 0. The molecule has 5 heteroatoms. The van der Waals surface area contributed by atoms with Crippen molar-refractivity contribution >= 4 is 32.3 Å². The largest absolute Gasteiger partial charge is 0.389 e. The van der Waals surface area contributed by atoms with Crippen molar-refractivity contribution in [3.8, 4) is 11.3 Å². The average Bonchev–Trinajstić information content (AvgIpc) is 2.64. The van der Waals surface area contributed by atoms with Gasteiger partial charge in [-0.1, -0.05) is 36.7 Å². The maximum atomic E-state index is 13.3. The van der Waals surface area contributed by atoms with Gasteiger partial charge in [0.25, 0.3) is 0 Å². The van der Waals surface area contributed by atoms with Crippen molar-refractivity contribution in [2.24, 2.45) is 0 Å². The third kappa shape index (κ3) is 2.57. The summed E-state index contributed by atoms with van der Waals surface area (Å²) >= 11 is 4.86. The Morgan fingerprint density at radius 1 is 1.33 bits per heavy atom. The molecule has 0 spiro atoms. The van der Waals surface area contributed by atoms with Crippen LogP contribution in [0.4, 0.5) is 9.39 Å². The van der Waals surface area contributed by atoms with Crippen LogP contribution in [0.2, 0.25) is 0 Å². The second-order valence-electron chi connectivity index (χ2n) is 5.11. The number of hydrogen-bond donors (Lipinski definition) is 1. The van der Waals surface area contributed by atoms with Crippen LogP contribution in [0, 0.1) is 5.82 Å². The van der Waals surface area contributed by atoms with Crippen LogP contribution in [-0.2, 0) is 5.41 Å². The van der Waals surface area contributed by atoms with E-state index in [1.54, 1.807) is 6.07 Å². The van der Waals surface area contributed by atoms with E-state index in [4.69, 9.17) is 5.73 Å². The Kier molecular flexibility index (Phi) is 3.47. The molecule has 0 amide bonds. The van der Waals surface area contributed by atoms with Crippen LogP contribution >= 0.6 is 27.3 Å². The molecule has 1 aromatic heterocycles. The first-order chi connectivity index (χ1) is 8.29. The molecular formula is C13H14BrFN2S. The van der Waals surface area contributed by atoms with Gasteiger partial charge < -0.3 is 5.73 Å². The molecule has 2 nitrogen and oxygen atoms in total. The van der Waals surface area contributed by atoms with Crippen molar-refractivity contribution < 1.29 is 4.39 Å². The predicted molar refractivity (Wildman–Crippen MR) is 78.3 cm³/mol. The molecule has 0 aliphatic heterocycles. The van der Waals surface area contributed by atoms with Crippen LogP contribution in [0.3, 0.4) is 0 Å². The van der Waals surface area contributed by atoms with Crippen LogP contribution in [0.15, 0.2) is 22.7 Å². The number of aromatic nitrogens is 1. The van der Waals surface area contributed by atoms with Gasteiger partial charge in [-0.3, -0.25) is 0 Å². The fraction of sp³-hybridized carbons (Fsp3) is 0.308. The third-order valence-electron chi connectivity index (χ3n) is 2.48. The Hall–Kier alpha value is -0.940. The lowest BCUT2D eigenvalue weighted by Crippen LogP contribution is -2.10. The first kappa shape index (κ1) is 13.5. The summed E-state index contributed by atoms with van der Waals surface area (Å²) in [5.74, 6) is -0.294. The summed E-state index contributed by atoms with van der Waals surface area (Å²) in [6, 6.07) is 4.52. The molecule has 0 radical (unpaired) electrons. The van der Waals surface area contributed by atoms with Crippen molar-refractivity contribution in [1.29, 1.82) is 0 Å². The first-order valence-electron chi connectivity index (χ1n) is 5.51. The average molecular weight is 329 g/mol. The van der Waals surface area contributed by atoms with Gasteiger partial charge in [0.15, 0.2) is 0 Å². The molecule has 2 rings (SSSR count). The standard InChI is InChI=1S/C13H14BrFN2S/c1-13(2,3)12-17-10(11(16)18-12)8-6-7(15)4-5-9(8)14/h4-6H,16H2,1-3H3. The summed E-state index contributed by atoms with van der Waals surface area (Å²) in [4.78, 5) is 4.55. The van der Waals surface area contributed by atoms with Crippen molar-refractivity contribution in [1.82, 2.24) is 4.98 Å². The topological polar surface area (TPSA) is 38.9 Å². The summed E-state index contributed by atoms with van der Waals surface area (Å²) in [6.45, 7) is 6.24.